The minimum Gasteiger partial charge on any atom is -0.396 e. The van der Waals surface area contributed by atoms with E-state index in [4.69, 9.17) is 5.73 Å². The summed E-state index contributed by atoms with van der Waals surface area (Å²) < 4.78 is 0. The number of anilines is 3. The minimum atomic E-state index is -0.744. The zero-order chi connectivity index (χ0) is 14.3. The molecule has 3 atom stereocenters. The van der Waals surface area contributed by atoms with Crippen molar-refractivity contribution >= 4 is 17.3 Å². The van der Waals surface area contributed by atoms with Gasteiger partial charge in [0.1, 0.15) is 5.82 Å². The molecule has 3 heterocycles. The molecule has 7 nitrogen and oxygen atoms in total. The molecule has 20 heavy (non-hydrogen) atoms. The van der Waals surface area contributed by atoms with Gasteiger partial charge < -0.3 is 30.9 Å². The minimum absolute atomic E-state index is 0.338. The van der Waals surface area contributed by atoms with Gasteiger partial charge in [0.25, 0.3) is 0 Å². The van der Waals surface area contributed by atoms with Crippen molar-refractivity contribution in [1.29, 1.82) is 0 Å². The number of nitrogen functional groups attached to an aromatic ring is 1. The lowest BCUT2D eigenvalue weighted by atomic mass is 10.3. The molecular formula is C13H20N4O3. The Morgan fingerprint density at radius 1 is 1.05 bits per heavy atom. The van der Waals surface area contributed by atoms with Crippen LogP contribution in [0.25, 0.3) is 0 Å². The Bertz CT molecular complexity index is 489. The molecule has 2 fully saturated rings. The summed E-state index contributed by atoms with van der Waals surface area (Å²) in [5.74, 6) is 1.35. The molecule has 3 unspecified atom stereocenters. The maximum absolute atomic E-state index is 9.62. The smallest absolute Gasteiger partial charge is 0.154 e. The number of aliphatic hydroxyl groups excluding tert-OH is 3. The fraction of sp³-hybridized carbons (Fsp3) is 0.615. The van der Waals surface area contributed by atoms with Crippen LogP contribution < -0.4 is 15.5 Å². The lowest BCUT2D eigenvalue weighted by Gasteiger charge is -2.22. The predicted octanol–water partition coefficient (Wildman–Crippen LogP) is -1.22. The van der Waals surface area contributed by atoms with Crippen molar-refractivity contribution < 1.29 is 15.3 Å². The van der Waals surface area contributed by atoms with Gasteiger partial charge in [-0.15, -0.1) is 0 Å². The zero-order valence-corrected chi connectivity index (χ0v) is 11.2. The van der Waals surface area contributed by atoms with Crippen LogP contribution in [-0.4, -0.2) is 64.8 Å². The van der Waals surface area contributed by atoms with Gasteiger partial charge in [0.15, 0.2) is 5.82 Å². The van der Waals surface area contributed by atoms with Crippen molar-refractivity contribution in [3.63, 3.8) is 0 Å². The monoisotopic (exact) mass is 280 g/mol. The molecule has 1 aromatic rings. The standard InChI is InChI=1S/C13H20N4O3/c14-9-1-2-12(17-6-10(19)11(20)7-17)15-13(9)16-4-3-8(18)5-16/h1-2,8,10-11,18-20H,3-7,14H2. The van der Waals surface area contributed by atoms with Crippen LogP contribution >= 0.6 is 0 Å². The van der Waals surface area contributed by atoms with E-state index in [1.54, 1.807) is 12.1 Å². The van der Waals surface area contributed by atoms with Crippen molar-refractivity contribution in [2.75, 3.05) is 41.7 Å². The van der Waals surface area contributed by atoms with E-state index in [-0.39, 0.29) is 6.10 Å². The van der Waals surface area contributed by atoms with Crippen LogP contribution in [0.15, 0.2) is 12.1 Å². The molecule has 2 saturated heterocycles. The molecule has 1 aromatic heterocycles. The zero-order valence-electron chi connectivity index (χ0n) is 11.2. The molecule has 0 saturated carbocycles. The van der Waals surface area contributed by atoms with E-state index in [9.17, 15) is 15.3 Å². The van der Waals surface area contributed by atoms with Crippen LogP contribution in [0.2, 0.25) is 0 Å². The lowest BCUT2D eigenvalue weighted by molar-refractivity contribution is 0.0572. The highest BCUT2D eigenvalue weighted by molar-refractivity contribution is 5.66. The van der Waals surface area contributed by atoms with Gasteiger partial charge >= 0.3 is 0 Å². The van der Waals surface area contributed by atoms with E-state index in [0.29, 0.717) is 43.4 Å². The van der Waals surface area contributed by atoms with Crippen molar-refractivity contribution in [3.05, 3.63) is 12.1 Å². The first-order chi connectivity index (χ1) is 9.54. The number of hydrogen-bond donors (Lipinski definition) is 4. The quantitative estimate of drug-likeness (QED) is 0.538. The number of pyridine rings is 1. The molecule has 0 aromatic carbocycles. The van der Waals surface area contributed by atoms with Gasteiger partial charge in [-0.2, -0.15) is 0 Å². The van der Waals surface area contributed by atoms with Crippen molar-refractivity contribution in [3.8, 4) is 0 Å². The molecular weight excluding hydrogens is 260 g/mol. The summed E-state index contributed by atoms with van der Waals surface area (Å²) in [6.07, 6.45) is -1.11. The molecule has 110 valence electrons. The van der Waals surface area contributed by atoms with E-state index in [0.717, 1.165) is 6.54 Å². The number of aliphatic hydroxyl groups is 3. The fourth-order valence-corrected chi connectivity index (χ4v) is 2.77. The Morgan fingerprint density at radius 2 is 1.75 bits per heavy atom. The van der Waals surface area contributed by atoms with Gasteiger partial charge in [0.2, 0.25) is 0 Å². The molecule has 0 bridgehead atoms. The summed E-state index contributed by atoms with van der Waals surface area (Å²) in [7, 11) is 0. The van der Waals surface area contributed by atoms with Crippen molar-refractivity contribution in [2.24, 2.45) is 0 Å². The third-order valence-corrected chi connectivity index (χ3v) is 3.94. The van der Waals surface area contributed by atoms with Crippen molar-refractivity contribution in [1.82, 2.24) is 4.98 Å². The lowest BCUT2D eigenvalue weighted by Crippen LogP contribution is -2.26. The number of aromatic nitrogens is 1. The second-order valence-corrected chi connectivity index (χ2v) is 5.51. The molecule has 7 heteroatoms. The summed E-state index contributed by atoms with van der Waals surface area (Å²) in [6, 6.07) is 3.57. The molecule has 3 rings (SSSR count). The maximum Gasteiger partial charge on any atom is 0.154 e. The Morgan fingerprint density at radius 3 is 2.35 bits per heavy atom. The van der Waals surface area contributed by atoms with E-state index in [1.807, 2.05) is 9.80 Å². The number of nitrogens with zero attached hydrogens (tertiary/aromatic N) is 3. The largest absolute Gasteiger partial charge is 0.396 e. The van der Waals surface area contributed by atoms with E-state index >= 15 is 0 Å². The Balaban J connectivity index is 1.83. The second-order valence-electron chi connectivity index (χ2n) is 5.51. The Labute approximate surface area is 117 Å². The fourth-order valence-electron chi connectivity index (χ4n) is 2.77. The molecule has 0 aliphatic carbocycles. The predicted molar refractivity (Wildman–Crippen MR) is 75.7 cm³/mol. The second kappa shape index (κ2) is 5.08. The number of hydrogen-bond acceptors (Lipinski definition) is 7. The maximum atomic E-state index is 9.62. The van der Waals surface area contributed by atoms with E-state index in [1.165, 1.54) is 0 Å². The highest BCUT2D eigenvalue weighted by atomic mass is 16.3. The van der Waals surface area contributed by atoms with Crippen molar-refractivity contribution in [2.45, 2.75) is 24.7 Å². The molecule has 2 aliphatic heterocycles. The van der Waals surface area contributed by atoms with Crippen LogP contribution in [0.5, 0.6) is 0 Å². The first-order valence-corrected chi connectivity index (χ1v) is 6.85. The van der Waals surface area contributed by atoms with Gasteiger partial charge in [-0.1, -0.05) is 0 Å². The number of rotatable bonds is 2. The third kappa shape index (κ3) is 2.39. The number of nitrogens with two attached hydrogens (primary N) is 1. The van der Waals surface area contributed by atoms with Gasteiger partial charge in [-0.25, -0.2) is 4.98 Å². The van der Waals surface area contributed by atoms with Crippen LogP contribution in [0.1, 0.15) is 6.42 Å². The van der Waals surface area contributed by atoms with Gasteiger partial charge in [-0.05, 0) is 18.6 Å². The van der Waals surface area contributed by atoms with E-state index in [2.05, 4.69) is 4.98 Å². The highest BCUT2D eigenvalue weighted by Crippen LogP contribution is 2.29. The molecule has 5 N–H and O–H groups in total. The SMILES string of the molecule is Nc1ccc(N2CC(O)C(O)C2)nc1N1CCC(O)C1. The van der Waals surface area contributed by atoms with Crippen LogP contribution in [0, 0.1) is 0 Å². The summed E-state index contributed by atoms with van der Waals surface area (Å²) in [6.45, 7) is 1.99. The molecule has 0 amide bonds. The molecule has 2 aliphatic rings. The summed E-state index contributed by atoms with van der Waals surface area (Å²) >= 11 is 0. The molecule has 0 spiro atoms. The van der Waals surface area contributed by atoms with E-state index < -0.39 is 12.2 Å². The number of β-amino-alcohol motifs (C(OH)–C–C–N with tert-alkyl or cyclic N) is 3. The molecule has 0 radical (unpaired) electrons. The van der Waals surface area contributed by atoms with Gasteiger partial charge in [0, 0.05) is 26.2 Å². The van der Waals surface area contributed by atoms with Crippen LogP contribution in [0.4, 0.5) is 17.3 Å². The Hall–Kier alpha value is -1.57. The summed E-state index contributed by atoms with van der Waals surface area (Å²) in [5.41, 5.74) is 6.54. The third-order valence-electron chi connectivity index (χ3n) is 3.94. The normalized spacial score (nSPS) is 30.2. The van der Waals surface area contributed by atoms with Crippen LogP contribution in [0.3, 0.4) is 0 Å². The Kier molecular flexibility index (Phi) is 3.41. The first-order valence-electron chi connectivity index (χ1n) is 6.85. The first kappa shape index (κ1) is 13.4. The van der Waals surface area contributed by atoms with Gasteiger partial charge in [-0.3, -0.25) is 0 Å². The average Bonchev–Trinajstić information content (AvgIpc) is 2.97. The summed E-state index contributed by atoms with van der Waals surface area (Å²) in [5, 5.41) is 28.8. The van der Waals surface area contributed by atoms with Gasteiger partial charge in [0.05, 0.1) is 24.0 Å². The summed E-state index contributed by atoms with van der Waals surface area (Å²) in [4.78, 5) is 8.34. The van der Waals surface area contributed by atoms with Crippen LogP contribution in [-0.2, 0) is 0 Å². The highest BCUT2D eigenvalue weighted by Gasteiger charge is 2.31. The average molecular weight is 280 g/mol. The topological polar surface area (TPSA) is 106 Å².